The molecule has 2 aromatic rings. The number of nitrogens with zero attached hydrogens (tertiary/aromatic N) is 2. The molecule has 8 nitrogen and oxygen atoms in total. The minimum absolute atomic E-state index is 0.0389. The van der Waals surface area contributed by atoms with Crippen LogP contribution < -0.4 is 15.6 Å². The van der Waals surface area contributed by atoms with Gasteiger partial charge in [-0.3, -0.25) is 4.79 Å². The molecule has 1 aromatic carbocycles. The summed E-state index contributed by atoms with van der Waals surface area (Å²) in [5.41, 5.74) is 0.532. The summed E-state index contributed by atoms with van der Waals surface area (Å²) in [6.07, 6.45) is 3.27. The number of fused-ring (bicyclic) bond motifs is 1. The fourth-order valence-corrected chi connectivity index (χ4v) is 3.92. The number of alkyl carbamates (subject to hydrolysis) is 1. The number of amides is 1. The summed E-state index contributed by atoms with van der Waals surface area (Å²) >= 11 is 0. The Kier molecular flexibility index (Phi) is 6.65. The summed E-state index contributed by atoms with van der Waals surface area (Å²) in [6, 6.07) is 5.39. The second-order valence-electron chi connectivity index (χ2n) is 8.89. The van der Waals surface area contributed by atoms with Gasteiger partial charge in [0.2, 0.25) is 0 Å². The molecule has 1 aromatic heterocycles. The highest BCUT2D eigenvalue weighted by atomic mass is 16.6. The third-order valence-electron chi connectivity index (χ3n) is 5.46. The quantitative estimate of drug-likeness (QED) is 0.776. The molecule has 8 heteroatoms. The standard InChI is InChI=1S/C22H31N3O5/c1-22(2,3)30-21(28)24-15-7-5-14(6-8-15)19(26)13-25-18-11-16(29-4)9-10-17(18)23-12-20(25)27/h9-12,14-15,19,26H,5-8,13H2,1-4H3,(H,24,28)/t14?,15?,19-/m0/s1. The maximum Gasteiger partial charge on any atom is 0.407 e. The summed E-state index contributed by atoms with van der Waals surface area (Å²) < 4.78 is 12.1. The van der Waals surface area contributed by atoms with Crippen LogP contribution in [0, 0.1) is 5.92 Å². The van der Waals surface area contributed by atoms with Gasteiger partial charge in [0.15, 0.2) is 0 Å². The highest BCUT2D eigenvalue weighted by molar-refractivity contribution is 5.76. The first-order valence-corrected chi connectivity index (χ1v) is 10.4. The van der Waals surface area contributed by atoms with Crippen LogP contribution in [0.2, 0.25) is 0 Å². The SMILES string of the molecule is COc1ccc2ncc(=O)n(C[C@H](O)C3CCC(NC(=O)OC(C)(C)C)CC3)c2c1. The minimum Gasteiger partial charge on any atom is -0.497 e. The van der Waals surface area contributed by atoms with E-state index in [0.29, 0.717) is 16.8 Å². The van der Waals surface area contributed by atoms with E-state index in [0.717, 1.165) is 25.7 Å². The van der Waals surface area contributed by atoms with Gasteiger partial charge in [-0.05, 0) is 64.5 Å². The number of carbonyl (C=O) groups is 1. The largest absolute Gasteiger partial charge is 0.497 e. The molecule has 0 spiro atoms. The third kappa shape index (κ3) is 5.50. The number of benzene rings is 1. The Morgan fingerprint density at radius 3 is 2.63 bits per heavy atom. The average Bonchev–Trinajstić information content (AvgIpc) is 2.68. The molecule has 30 heavy (non-hydrogen) atoms. The van der Waals surface area contributed by atoms with Crippen molar-refractivity contribution in [2.75, 3.05) is 7.11 Å². The van der Waals surface area contributed by atoms with Gasteiger partial charge in [-0.1, -0.05) is 0 Å². The summed E-state index contributed by atoms with van der Waals surface area (Å²) in [5.74, 6) is 0.689. The van der Waals surface area contributed by atoms with E-state index >= 15 is 0 Å². The fourth-order valence-electron chi connectivity index (χ4n) is 3.92. The average molecular weight is 418 g/mol. The third-order valence-corrected chi connectivity index (χ3v) is 5.46. The molecular formula is C22H31N3O5. The van der Waals surface area contributed by atoms with Gasteiger partial charge in [0, 0.05) is 12.1 Å². The highest BCUT2D eigenvalue weighted by Crippen LogP contribution is 2.28. The number of rotatable bonds is 5. The monoisotopic (exact) mass is 417 g/mol. The van der Waals surface area contributed by atoms with Crippen molar-refractivity contribution in [2.24, 2.45) is 5.92 Å². The Labute approximate surface area is 176 Å². The molecule has 1 aliphatic carbocycles. The van der Waals surface area contributed by atoms with Gasteiger partial charge in [0.25, 0.3) is 5.56 Å². The minimum atomic E-state index is -0.665. The number of carbonyl (C=O) groups excluding carboxylic acids is 1. The number of ether oxygens (including phenoxy) is 2. The number of aliphatic hydroxyl groups is 1. The van der Waals surface area contributed by atoms with Gasteiger partial charge < -0.3 is 24.5 Å². The Morgan fingerprint density at radius 1 is 1.30 bits per heavy atom. The number of methoxy groups -OCH3 is 1. The summed E-state index contributed by atoms with van der Waals surface area (Å²) in [4.78, 5) is 28.6. The van der Waals surface area contributed by atoms with Crippen molar-refractivity contribution < 1.29 is 19.4 Å². The van der Waals surface area contributed by atoms with Crippen molar-refractivity contribution in [1.29, 1.82) is 0 Å². The van der Waals surface area contributed by atoms with Gasteiger partial charge >= 0.3 is 6.09 Å². The van der Waals surface area contributed by atoms with Crippen LogP contribution >= 0.6 is 0 Å². The molecule has 1 heterocycles. The molecule has 0 unspecified atom stereocenters. The number of hydrogen-bond donors (Lipinski definition) is 2. The van der Waals surface area contributed by atoms with E-state index in [1.165, 1.54) is 6.20 Å². The van der Waals surface area contributed by atoms with Crippen LogP contribution in [0.1, 0.15) is 46.5 Å². The molecule has 1 aliphatic rings. The normalized spacial score (nSPS) is 20.6. The summed E-state index contributed by atoms with van der Waals surface area (Å²) in [7, 11) is 1.57. The van der Waals surface area contributed by atoms with Crippen molar-refractivity contribution in [2.45, 2.75) is 70.7 Å². The van der Waals surface area contributed by atoms with E-state index in [4.69, 9.17) is 9.47 Å². The molecule has 164 valence electrons. The first-order chi connectivity index (χ1) is 14.2. The molecule has 0 saturated heterocycles. The van der Waals surface area contributed by atoms with E-state index in [2.05, 4.69) is 10.3 Å². The van der Waals surface area contributed by atoms with E-state index < -0.39 is 17.8 Å². The number of aliphatic hydroxyl groups excluding tert-OH is 1. The zero-order valence-corrected chi connectivity index (χ0v) is 18.1. The zero-order valence-electron chi connectivity index (χ0n) is 18.1. The predicted octanol–water partition coefficient (Wildman–Crippen LogP) is 2.85. The van der Waals surface area contributed by atoms with Crippen molar-refractivity contribution in [3.8, 4) is 5.75 Å². The van der Waals surface area contributed by atoms with Crippen LogP contribution in [-0.2, 0) is 11.3 Å². The lowest BCUT2D eigenvalue weighted by Gasteiger charge is -2.32. The van der Waals surface area contributed by atoms with Crippen LogP contribution in [0.5, 0.6) is 5.75 Å². The lowest BCUT2D eigenvalue weighted by atomic mass is 9.82. The lowest BCUT2D eigenvalue weighted by Crippen LogP contribution is -2.42. The van der Waals surface area contributed by atoms with Crippen molar-refractivity contribution in [3.63, 3.8) is 0 Å². The maximum atomic E-state index is 12.4. The molecule has 3 rings (SSSR count). The molecule has 0 aliphatic heterocycles. The van der Waals surface area contributed by atoms with Gasteiger partial charge in [-0.25, -0.2) is 9.78 Å². The van der Waals surface area contributed by atoms with Gasteiger partial charge in [-0.2, -0.15) is 0 Å². The first kappa shape index (κ1) is 22.1. The Bertz CT molecular complexity index is 942. The second-order valence-corrected chi connectivity index (χ2v) is 8.89. The van der Waals surface area contributed by atoms with Crippen molar-refractivity contribution in [1.82, 2.24) is 14.9 Å². The van der Waals surface area contributed by atoms with Gasteiger partial charge in [0.1, 0.15) is 11.4 Å². The fraction of sp³-hybridized carbons (Fsp3) is 0.591. The Hall–Kier alpha value is -2.61. The maximum absolute atomic E-state index is 12.4. The highest BCUT2D eigenvalue weighted by Gasteiger charge is 2.29. The van der Waals surface area contributed by atoms with E-state index in [1.807, 2.05) is 20.8 Å². The van der Waals surface area contributed by atoms with Crippen LogP contribution in [0.3, 0.4) is 0 Å². The molecule has 1 fully saturated rings. The Morgan fingerprint density at radius 2 is 2.00 bits per heavy atom. The molecular weight excluding hydrogens is 386 g/mol. The van der Waals surface area contributed by atoms with Crippen LogP contribution in [-0.4, -0.2) is 45.6 Å². The lowest BCUT2D eigenvalue weighted by molar-refractivity contribution is 0.0430. The smallest absolute Gasteiger partial charge is 0.407 e. The summed E-state index contributed by atoms with van der Waals surface area (Å²) in [5, 5.41) is 13.7. The van der Waals surface area contributed by atoms with E-state index in [1.54, 1.807) is 29.9 Å². The molecule has 1 amide bonds. The van der Waals surface area contributed by atoms with E-state index in [9.17, 15) is 14.7 Å². The first-order valence-electron chi connectivity index (χ1n) is 10.4. The Balaban J connectivity index is 1.63. The van der Waals surface area contributed by atoms with Gasteiger partial charge in [0.05, 0.1) is 37.0 Å². The molecule has 0 bridgehead atoms. The van der Waals surface area contributed by atoms with Gasteiger partial charge in [-0.15, -0.1) is 0 Å². The number of hydrogen-bond acceptors (Lipinski definition) is 6. The van der Waals surface area contributed by atoms with Crippen molar-refractivity contribution in [3.05, 3.63) is 34.7 Å². The second kappa shape index (κ2) is 9.04. The van der Waals surface area contributed by atoms with Crippen LogP contribution in [0.25, 0.3) is 11.0 Å². The van der Waals surface area contributed by atoms with Crippen LogP contribution in [0.15, 0.2) is 29.2 Å². The van der Waals surface area contributed by atoms with E-state index in [-0.39, 0.29) is 24.1 Å². The molecule has 2 N–H and O–H groups in total. The molecule has 1 saturated carbocycles. The zero-order chi connectivity index (χ0) is 21.9. The van der Waals surface area contributed by atoms with Crippen LogP contribution in [0.4, 0.5) is 4.79 Å². The topological polar surface area (TPSA) is 103 Å². The molecule has 0 radical (unpaired) electrons. The predicted molar refractivity (Wildman–Crippen MR) is 114 cm³/mol. The number of aromatic nitrogens is 2. The summed E-state index contributed by atoms with van der Waals surface area (Å²) in [6.45, 7) is 5.69. The van der Waals surface area contributed by atoms with Crippen molar-refractivity contribution >= 4 is 17.1 Å². The molecule has 1 atom stereocenters. The number of nitrogens with one attached hydrogen (secondary N) is 1.